The second-order valence-corrected chi connectivity index (χ2v) is 3.67. The fourth-order valence-electron chi connectivity index (χ4n) is 1.23. The lowest BCUT2D eigenvalue weighted by Gasteiger charge is -2.28. The van der Waals surface area contributed by atoms with E-state index in [1.54, 1.807) is 0 Å². The second kappa shape index (κ2) is 3.75. The Labute approximate surface area is 80.1 Å². The third-order valence-corrected chi connectivity index (χ3v) is 2.00. The van der Waals surface area contributed by atoms with Crippen LogP contribution in [0.25, 0.3) is 0 Å². The molecule has 0 amide bonds. The van der Waals surface area contributed by atoms with Crippen molar-refractivity contribution in [3.63, 3.8) is 0 Å². The Morgan fingerprint density at radius 2 is 2.08 bits per heavy atom. The van der Waals surface area contributed by atoms with Crippen molar-refractivity contribution in [2.45, 2.75) is 0 Å². The third-order valence-electron chi connectivity index (χ3n) is 2.00. The largest absolute Gasteiger partial charge is 0.358 e. The van der Waals surface area contributed by atoms with Gasteiger partial charge in [0.1, 0.15) is 5.84 Å². The highest BCUT2D eigenvalue weighted by atomic mass is 15.2. The van der Waals surface area contributed by atoms with Gasteiger partial charge in [0.15, 0.2) is 0 Å². The Bertz CT molecular complexity index is 263. The van der Waals surface area contributed by atoms with Gasteiger partial charge in [-0.15, -0.1) is 0 Å². The number of hydrogen-bond donors (Lipinski definition) is 0. The van der Waals surface area contributed by atoms with Crippen LogP contribution in [0.1, 0.15) is 0 Å². The van der Waals surface area contributed by atoms with E-state index in [2.05, 4.69) is 28.0 Å². The Balaban J connectivity index is 2.77. The summed E-state index contributed by atoms with van der Waals surface area (Å²) in [5.74, 6) is 1.06. The molecule has 0 bridgehead atoms. The molecule has 0 radical (unpaired) electrons. The summed E-state index contributed by atoms with van der Waals surface area (Å²) in [6, 6.07) is 0. The fraction of sp³-hybridized carbons (Fsp3) is 0.500. The molecule has 0 N–H and O–H groups in total. The summed E-state index contributed by atoms with van der Waals surface area (Å²) in [5.41, 5.74) is 1.82. The Kier molecular flexibility index (Phi) is 2.88. The van der Waals surface area contributed by atoms with Crippen LogP contribution in [-0.4, -0.2) is 49.9 Å². The molecule has 1 rings (SSSR count). The Hall–Kier alpha value is -1.09. The molecule has 0 fully saturated rings. The quantitative estimate of drug-likeness (QED) is 0.629. The van der Waals surface area contributed by atoms with Crippen LogP contribution < -0.4 is 0 Å². The van der Waals surface area contributed by atoms with Gasteiger partial charge in [-0.2, -0.15) is 0 Å². The van der Waals surface area contributed by atoms with Gasteiger partial charge in [0.2, 0.25) is 0 Å². The number of hydrogen-bond acceptors (Lipinski definition) is 3. The van der Waals surface area contributed by atoms with Crippen molar-refractivity contribution in [2.75, 3.05) is 34.2 Å². The molecule has 0 aromatic heterocycles. The first-order valence-electron chi connectivity index (χ1n) is 4.31. The van der Waals surface area contributed by atoms with E-state index in [-0.39, 0.29) is 0 Å². The number of likely N-dealkylation sites (N-methyl/N-ethyl adjacent to an activating group) is 2. The average Bonchev–Trinajstić information content (AvgIpc) is 1.99. The Morgan fingerprint density at radius 1 is 1.46 bits per heavy atom. The van der Waals surface area contributed by atoms with Crippen LogP contribution >= 0.6 is 0 Å². The SMILES string of the molecule is C=C1CN(C)C(CN(C)C)=NC1=C. The van der Waals surface area contributed by atoms with E-state index < -0.39 is 0 Å². The Morgan fingerprint density at radius 3 is 2.62 bits per heavy atom. The highest BCUT2D eigenvalue weighted by Gasteiger charge is 2.15. The van der Waals surface area contributed by atoms with Crippen LogP contribution in [0, 0.1) is 0 Å². The van der Waals surface area contributed by atoms with E-state index in [9.17, 15) is 0 Å². The summed E-state index contributed by atoms with van der Waals surface area (Å²) < 4.78 is 0. The third kappa shape index (κ3) is 2.42. The van der Waals surface area contributed by atoms with Gasteiger partial charge in [-0.1, -0.05) is 13.2 Å². The summed E-state index contributed by atoms with van der Waals surface area (Å²) in [6.45, 7) is 9.44. The topological polar surface area (TPSA) is 18.8 Å². The first kappa shape index (κ1) is 9.99. The van der Waals surface area contributed by atoms with Crippen molar-refractivity contribution in [1.82, 2.24) is 9.80 Å². The van der Waals surface area contributed by atoms with Gasteiger partial charge in [-0.05, 0) is 19.7 Å². The number of amidine groups is 1. The molecule has 0 aromatic carbocycles. The van der Waals surface area contributed by atoms with Crippen molar-refractivity contribution < 1.29 is 0 Å². The van der Waals surface area contributed by atoms with Crippen LogP contribution in [0.3, 0.4) is 0 Å². The first-order chi connectivity index (χ1) is 6.00. The predicted molar refractivity (Wildman–Crippen MR) is 56.9 cm³/mol. The summed E-state index contributed by atoms with van der Waals surface area (Å²) in [7, 11) is 6.09. The lowest BCUT2D eigenvalue weighted by atomic mass is 10.2. The molecule has 0 atom stereocenters. The maximum Gasteiger partial charge on any atom is 0.119 e. The normalized spacial score (nSPS) is 18.2. The molecule has 1 heterocycles. The molecule has 1 aliphatic heterocycles. The molecular formula is C10H17N3. The maximum absolute atomic E-state index is 4.39. The highest BCUT2D eigenvalue weighted by molar-refractivity contribution is 5.86. The zero-order valence-corrected chi connectivity index (χ0v) is 8.67. The number of nitrogens with zero attached hydrogens (tertiary/aromatic N) is 3. The van der Waals surface area contributed by atoms with E-state index in [1.807, 2.05) is 21.1 Å². The molecule has 0 saturated carbocycles. The first-order valence-corrected chi connectivity index (χ1v) is 4.31. The smallest absolute Gasteiger partial charge is 0.119 e. The summed E-state index contributed by atoms with van der Waals surface area (Å²) >= 11 is 0. The molecule has 0 spiro atoms. The molecular weight excluding hydrogens is 162 g/mol. The van der Waals surface area contributed by atoms with Crippen molar-refractivity contribution >= 4 is 5.84 Å². The van der Waals surface area contributed by atoms with Gasteiger partial charge in [0.05, 0.1) is 12.2 Å². The maximum atomic E-state index is 4.39. The van der Waals surface area contributed by atoms with Crippen molar-refractivity contribution in [1.29, 1.82) is 0 Å². The molecule has 72 valence electrons. The van der Waals surface area contributed by atoms with Crippen LogP contribution in [0.2, 0.25) is 0 Å². The van der Waals surface area contributed by atoms with Gasteiger partial charge in [0, 0.05) is 13.6 Å². The molecule has 0 unspecified atom stereocenters. The molecule has 13 heavy (non-hydrogen) atoms. The summed E-state index contributed by atoms with van der Waals surface area (Å²) in [5, 5.41) is 0. The van der Waals surface area contributed by atoms with Gasteiger partial charge in [-0.25, -0.2) is 4.99 Å². The number of rotatable bonds is 2. The van der Waals surface area contributed by atoms with Crippen molar-refractivity contribution in [2.24, 2.45) is 4.99 Å². The minimum atomic E-state index is 0.815. The number of aliphatic imine (C=N–C) groups is 1. The zero-order chi connectivity index (χ0) is 10.0. The molecule has 0 aromatic rings. The molecule has 0 aliphatic carbocycles. The van der Waals surface area contributed by atoms with Crippen molar-refractivity contribution in [3.05, 3.63) is 24.4 Å². The van der Waals surface area contributed by atoms with E-state index >= 15 is 0 Å². The van der Waals surface area contributed by atoms with E-state index in [4.69, 9.17) is 0 Å². The van der Waals surface area contributed by atoms with Gasteiger partial charge in [-0.3, -0.25) is 0 Å². The molecule has 0 saturated heterocycles. The van der Waals surface area contributed by atoms with Gasteiger partial charge in [0.25, 0.3) is 0 Å². The fourth-order valence-corrected chi connectivity index (χ4v) is 1.23. The molecule has 3 heteroatoms. The standard InChI is InChI=1S/C10H17N3/c1-8-6-13(5)10(7-12(3)4)11-9(8)2/h1-2,6-7H2,3-5H3. The second-order valence-electron chi connectivity index (χ2n) is 3.67. The minimum absolute atomic E-state index is 0.815. The van der Waals surface area contributed by atoms with Gasteiger partial charge < -0.3 is 9.80 Å². The lowest BCUT2D eigenvalue weighted by molar-refractivity contribution is 0.429. The van der Waals surface area contributed by atoms with Crippen LogP contribution in [0.4, 0.5) is 0 Å². The monoisotopic (exact) mass is 179 g/mol. The molecule has 1 aliphatic rings. The van der Waals surface area contributed by atoms with E-state index in [0.717, 1.165) is 30.2 Å². The van der Waals surface area contributed by atoms with Crippen LogP contribution in [0.5, 0.6) is 0 Å². The van der Waals surface area contributed by atoms with Gasteiger partial charge >= 0.3 is 0 Å². The van der Waals surface area contributed by atoms with Crippen LogP contribution in [0.15, 0.2) is 29.4 Å². The molecule has 3 nitrogen and oxygen atoms in total. The van der Waals surface area contributed by atoms with E-state index in [0.29, 0.717) is 0 Å². The van der Waals surface area contributed by atoms with E-state index in [1.165, 1.54) is 0 Å². The minimum Gasteiger partial charge on any atom is -0.358 e. The lowest BCUT2D eigenvalue weighted by Crippen LogP contribution is -2.38. The van der Waals surface area contributed by atoms with Crippen LogP contribution in [-0.2, 0) is 0 Å². The summed E-state index contributed by atoms with van der Waals surface area (Å²) in [6.07, 6.45) is 0. The average molecular weight is 179 g/mol. The summed E-state index contributed by atoms with van der Waals surface area (Å²) in [4.78, 5) is 8.59. The zero-order valence-electron chi connectivity index (χ0n) is 8.67. The highest BCUT2D eigenvalue weighted by Crippen LogP contribution is 2.15. The van der Waals surface area contributed by atoms with Crippen molar-refractivity contribution in [3.8, 4) is 0 Å². The predicted octanol–water partition coefficient (Wildman–Crippen LogP) is 0.962.